The number of aryl methyl sites for hydroxylation is 1. The summed E-state index contributed by atoms with van der Waals surface area (Å²) in [6.07, 6.45) is 0.682. The van der Waals surface area contributed by atoms with Crippen LogP contribution in [0.3, 0.4) is 0 Å². The fraction of sp³-hybridized carbons (Fsp3) is 0.158. The minimum atomic E-state index is -0.302. The molecule has 1 aromatic heterocycles. The van der Waals surface area contributed by atoms with Gasteiger partial charge >= 0.3 is 0 Å². The number of hydrazone groups is 1. The third kappa shape index (κ3) is 3.87. The van der Waals surface area contributed by atoms with Crippen molar-refractivity contribution in [1.29, 1.82) is 0 Å². The zero-order chi connectivity index (χ0) is 18.0. The molecule has 0 radical (unpaired) electrons. The van der Waals surface area contributed by atoms with E-state index in [0.29, 0.717) is 21.3 Å². The molecule has 1 amide bonds. The molecule has 0 aliphatic heterocycles. The lowest BCUT2D eigenvalue weighted by Gasteiger charge is -2.05. The molecule has 1 heterocycles. The van der Waals surface area contributed by atoms with Crippen LogP contribution in [0.15, 0.2) is 47.6 Å². The van der Waals surface area contributed by atoms with E-state index in [4.69, 9.17) is 23.2 Å². The monoisotopic (exact) mass is 390 g/mol. The minimum Gasteiger partial charge on any atom is -0.266 e. The maximum absolute atomic E-state index is 12.5. The highest BCUT2D eigenvalue weighted by Gasteiger charge is 2.17. The third-order valence-corrected chi connectivity index (χ3v) is 5.70. The van der Waals surface area contributed by atoms with Gasteiger partial charge in [-0.05, 0) is 42.7 Å². The van der Waals surface area contributed by atoms with Gasteiger partial charge in [0.15, 0.2) is 0 Å². The molecule has 0 aliphatic carbocycles. The molecule has 0 saturated carbocycles. The number of thiophene rings is 1. The molecule has 0 atom stereocenters. The lowest BCUT2D eigenvalue weighted by molar-refractivity contribution is 0.0959. The highest BCUT2D eigenvalue weighted by atomic mass is 35.5. The lowest BCUT2D eigenvalue weighted by atomic mass is 10.1. The third-order valence-electron chi connectivity index (χ3n) is 3.80. The molecule has 0 unspecified atom stereocenters. The highest BCUT2D eigenvalue weighted by molar-refractivity contribution is 7.21. The molecular weight excluding hydrogens is 375 g/mol. The van der Waals surface area contributed by atoms with E-state index in [9.17, 15) is 4.79 Å². The Kier molecular flexibility index (Phi) is 5.42. The number of halogens is 2. The molecule has 0 saturated heterocycles. The van der Waals surface area contributed by atoms with E-state index in [-0.39, 0.29) is 5.91 Å². The molecular formula is C19H16Cl2N2OS. The minimum absolute atomic E-state index is 0.302. The van der Waals surface area contributed by atoms with Gasteiger partial charge in [0, 0.05) is 15.1 Å². The number of nitrogens with one attached hydrogen (secondary N) is 1. The van der Waals surface area contributed by atoms with Gasteiger partial charge in [-0.3, -0.25) is 4.79 Å². The van der Waals surface area contributed by atoms with E-state index in [1.165, 1.54) is 11.3 Å². The second-order valence-corrected chi connectivity index (χ2v) is 7.47. The first-order chi connectivity index (χ1) is 12.0. The van der Waals surface area contributed by atoms with Gasteiger partial charge in [0.1, 0.15) is 4.88 Å². The van der Waals surface area contributed by atoms with Gasteiger partial charge in [0.2, 0.25) is 0 Å². The van der Waals surface area contributed by atoms with Gasteiger partial charge < -0.3 is 0 Å². The molecule has 3 nitrogen and oxygen atoms in total. The molecule has 0 bridgehead atoms. The van der Waals surface area contributed by atoms with Crippen LogP contribution in [0.1, 0.15) is 34.1 Å². The Morgan fingerprint density at radius 1 is 1.16 bits per heavy atom. The molecule has 0 spiro atoms. The van der Waals surface area contributed by atoms with E-state index in [0.717, 1.165) is 26.9 Å². The SMILES string of the molecule is CC/C(=N\NC(=O)c1sc2cc(C)ccc2c1Cl)c1ccc(Cl)cc1. The molecule has 1 N–H and O–H groups in total. The Morgan fingerprint density at radius 3 is 2.56 bits per heavy atom. The zero-order valence-electron chi connectivity index (χ0n) is 13.8. The predicted molar refractivity (Wildman–Crippen MR) is 107 cm³/mol. The van der Waals surface area contributed by atoms with Crippen molar-refractivity contribution >= 4 is 56.2 Å². The van der Waals surface area contributed by atoms with Crippen molar-refractivity contribution in [2.24, 2.45) is 5.10 Å². The molecule has 0 aliphatic rings. The second kappa shape index (κ2) is 7.56. The fourth-order valence-corrected chi connectivity index (χ4v) is 4.11. The Bertz CT molecular complexity index is 961. The van der Waals surface area contributed by atoms with Crippen LogP contribution in [0.25, 0.3) is 10.1 Å². The number of amides is 1. The van der Waals surface area contributed by atoms with E-state index < -0.39 is 0 Å². The van der Waals surface area contributed by atoms with Crippen molar-refractivity contribution in [2.45, 2.75) is 20.3 Å². The van der Waals surface area contributed by atoms with Crippen molar-refractivity contribution in [3.8, 4) is 0 Å². The average Bonchev–Trinajstić information content (AvgIpc) is 2.92. The average molecular weight is 391 g/mol. The standard InChI is InChI=1S/C19H16Cl2N2OS/c1-3-15(12-5-7-13(20)8-6-12)22-23-19(24)18-17(21)14-9-4-11(2)10-16(14)25-18/h4-10H,3H2,1-2H3,(H,23,24)/b22-15+. The maximum atomic E-state index is 12.5. The number of hydrogen-bond donors (Lipinski definition) is 1. The van der Waals surface area contributed by atoms with Gasteiger partial charge in [-0.1, -0.05) is 54.4 Å². The topological polar surface area (TPSA) is 41.5 Å². The predicted octanol–water partition coefficient (Wildman–Crippen LogP) is 6.06. The van der Waals surface area contributed by atoms with E-state index in [2.05, 4.69) is 10.5 Å². The van der Waals surface area contributed by atoms with Crippen LogP contribution in [0.5, 0.6) is 0 Å². The van der Waals surface area contributed by atoms with E-state index in [1.807, 2.05) is 44.2 Å². The van der Waals surface area contributed by atoms with Crippen molar-refractivity contribution < 1.29 is 4.79 Å². The molecule has 128 valence electrons. The van der Waals surface area contributed by atoms with E-state index >= 15 is 0 Å². The smallest absolute Gasteiger partial charge is 0.266 e. The van der Waals surface area contributed by atoms with Crippen molar-refractivity contribution in [3.63, 3.8) is 0 Å². The van der Waals surface area contributed by atoms with E-state index in [1.54, 1.807) is 12.1 Å². The van der Waals surface area contributed by atoms with Crippen molar-refractivity contribution in [2.75, 3.05) is 0 Å². The quantitative estimate of drug-likeness (QED) is 0.426. The number of carbonyl (C=O) groups is 1. The number of nitrogens with zero attached hydrogens (tertiary/aromatic N) is 1. The first kappa shape index (κ1) is 17.9. The molecule has 6 heteroatoms. The van der Waals surface area contributed by atoms with Crippen LogP contribution >= 0.6 is 34.5 Å². The Morgan fingerprint density at radius 2 is 1.88 bits per heavy atom. The van der Waals surface area contributed by atoms with Crippen molar-refractivity contribution in [1.82, 2.24) is 5.43 Å². The van der Waals surface area contributed by atoms with Gasteiger partial charge in [-0.15, -0.1) is 11.3 Å². The Labute approximate surface area is 160 Å². The number of rotatable bonds is 4. The normalized spacial score (nSPS) is 11.8. The summed E-state index contributed by atoms with van der Waals surface area (Å²) in [7, 11) is 0. The van der Waals surface area contributed by atoms with Crippen LogP contribution in [0, 0.1) is 6.92 Å². The summed E-state index contributed by atoms with van der Waals surface area (Å²) >= 11 is 13.7. The number of fused-ring (bicyclic) bond motifs is 1. The summed E-state index contributed by atoms with van der Waals surface area (Å²) in [5.74, 6) is -0.302. The van der Waals surface area contributed by atoms with Crippen LogP contribution in [0.4, 0.5) is 0 Å². The summed E-state index contributed by atoms with van der Waals surface area (Å²) < 4.78 is 0.993. The Balaban J connectivity index is 1.86. The zero-order valence-corrected chi connectivity index (χ0v) is 16.1. The molecule has 0 fully saturated rings. The van der Waals surface area contributed by atoms with Gasteiger partial charge in [-0.2, -0.15) is 5.10 Å². The van der Waals surface area contributed by atoms with Gasteiger partial charge in [-0.25, -0.2) is 5.43 Å². The molecule has 25 heavy (non-hydrogen) atoms. The summed E-state index contributed by atoms with van der Waals surface area (Å²) in [4.78, 5) is 13.0. The lowest BCUT2D eigenvalue weighted by Crippen LogP contribution is -2.19. The number of carbonyl (C=O) groups excluding carboxylic acids is 1. The first-order valence-corrected chi connectivity index (χ1v) is 9.38. The Hall–Kier alpha value is -1.88. The molecule has 3 rings (SSSR count). The molecule has 2 aromatic carbocycles. The highest BCUT2D eigenvalue weighted by Crippen LogP contribution is 2.35. The number of benzene rings is 2. The summed E-state index contributed by atoms with van der Waals surface area (Å²) in [5, 5.41) is 6.29. The van der Waals surface area contributed by atoms with Crippen LogP contribution in [-0.2, 0) is 0 Å². The largest absolute Gasteiger partial charge is 0.283 e. The summed E-state index contributed by atoms with van der Waals surface area (Å²) in [6.45, 7) is 3.99. The summed E-state index contributed by atoms with van der Waals surface area (Å²) in [5.41, 5.74) is 5.45. The van der Waals surface area contributed by atoms with Crippen LogP contribution < -0.4 is 5.43 Å². The maximum Gasteiger partial charge on any atom is 0.283 e. The van der Waals surface area contributed by atoms with Crippen LogP contribution in [0.2, 0.25) is 10.0 Å². The second-order valence-electron chi connectivity index (χ2n) is 5.60. The first-order valence-electron chi connectivity index (χ1n) is 7.81. The van der Waals surface area contributed by atoms with Crippen molar-refractivity contribution in [3.05, 3.63) is 68.5 Å². The van der Waals surface area contributed by atoms with Crippen LogP contribution in [-0.4, -0.2) is 11.6 Å². The van der Waals surface area contributed by atoms with Gasteiger partial charge in [0.25, 0.3) is 5.91 Å². The fourth-order valence-electron chi connectivity index (χ4n) is 2.48. The van der Waals surface area contributed by atoms with Gasteiger partial charge in [0.05, 0.1) is 10.7 Å². The molecule has 3 aromatic rings. The summed E-state index contributed by atoms with van der Waals surface area (Å²) in [6, 6.07) is 13.3. The number of hydrogen-bond acceptors (Lipinski definition) is 3.